The van der Waals surface area contributed by atoms with Crippen molar-refractivity contribution in [3.05, 3.63) is 23.8 Å². The molecule has 1 rings (SSSR count). The molecular formula is C14H22O2. The van der Waals surface area contributed by atoms with E-state index in [1.807, 2.05) is 6.08 Å². The van der Waals surface area contributed by atoms with Crippen LogP contribution in [-0.4, -0.2) is 11.1 Å². The molecule has 2 atom stereocenters. The number of rotatable bonds is 4. The standard InChI is InChI=1S/C14H22O2/c1-5-11(7-9-13(15)16)12-8-6-10(2)14(12,3)4/h6-7,9,11-12H,5,8H2,1-4H3,(H,15,16). The van der Waals surface area contributed by atoms with Crippen LogP contribution in [-0.2, 0) is 4.79 Å². The molecule has 0 aromatic rings. The minimum atomic E-state index is -0.848. The Kier molecular flexibility index (Phi) is 3.95. The molecule has 0 amide bonds. The summed E-state index contributed by atoms with van der Waals surface area (Å²) >= 11 is 0. The first-order valence-corrected chi connectivity index (χ1v) is 5.98. The third-order valence-electron chi connectivity index (χ3n) is 4.10. The van der Waals surface area contributed by atoms with Crippen molar-refractivity contribution in [1.82, 2.24) is 0 Å². The summed E-state index contributed by atoms with van der Waals surface area (Å²) in [6.07, 6.45) is 7.52. The summed E-state index contributed by atoms with van der Waals surface area (Å²) in [5, 5.41) is 8.68. The largest absolute Gasteiger partial charge is 0.478 e. The Morgan fingerprint density at radius 2 is 2.31 bits per heavy atom. The summed E-state index contributed by atoms with van der Waals surface area (Å²) in [5.74, 6) is 0.0480. The molecule has 16 heavy (non-hydrogen) atoms. The third kappa shape index (κ3) is 2.55. The minimum Gasteiger partial charge on any atom is -0.478 e. The Bertz CT molecular complexity index is 324. The SMILES string of the molecule is CCC(C=CC(=O)O)C1CC=C(C)C1(C)C. The lowest BCUT2D eigenvalue weighted by atomic mass is 9.70. The Labute approximate surface area is 98.1 Å². The molecule has 0 fully saturated rings. The maximum absolute atomic E-state index is 10.6. The van der Waals surface area contributed by atoms with E-state index in [2.05, 4.69) is 33.8 Å². The van der Waals surface area contributed by atoms with Gasteiger partial charge in [0.25, 0.3) is 0 Å². The summed E-state index contributed by atoms with van der Waals surface area (Å²) in [6.45, 7) is 8.82. The van der Waals surface area contributed by atoms with Gasteiger partial charge < -0.3 is 5.11 Å². The van der Waals surface area contributed by atoms with Gasteiger partial charge in [0.05, 0.1) is 0 Å². The average Bonchev–Trinajstić information content (AvgIpc) is 2.45. The van der Waals surface area contributed by atoms with E-state index in [1.54, 1.807) is 0 Å². The van der Waals surface area contributed by atoms with E-state index >= 15 is 0 Å². The quantitative estimate of drug-likeness (QED) is 0.582. The lowest BCUT2D eigenvalue weighted by molar-refractivity contribution is -0.131. The predicted octanol–water partition coefficient (Wildman–Crippen LogP) is 3.65. The van der Waals surface area contributed by atoms with E-state index in [9.17, 15) is 4.79 Å². The number of hydrogen-bond donors (Lipinski definition) is 1. The van der Waals surface area contributed by atoms with Crippen molar-refractivity contribution in [3.8, 4) is 0 Å². The monoisotopic (exact) mass is 222 g/mol. The van der Waals surface area contributed by atoms with Gasteiger partial charge in [0.15, 0.2) is 0 Å². The van der Waals surface area contributed by atoms with Crippen molar-refractivity contribution in [1.29, 1.82) is 0 Å². The summed E-state index contributed by atoms with van der Waals surface area (Å²) in [7, 11) is 0. The number of carbonyl (C=O) groups is 1. The van der Waals surface area contributed by atoms with Gasteiger partial charge in [0.1, 0.15) is 0 Å². The fraction of sp³-hybridized carbons (Fsp3) is 0.643. The van der Waals surface area contributed by atoms with Crippen LogP contribution in [0.2, 0.25) is 0 Å². The lowest BCUT2D eigenvalue weighted by Gasteiger charge is -2.34. The second-order valence-electron chi connectivity index (χ2n) is 5.22. The van der Waals surface area contributed by atoms with Crippen LogP contribution in [0, 0.1) is 17.3 Å². The molecule has 0 saturated heterocycles. The molecule has 2 heteroatoms. The molecule has 0 heterocycles. The van der Waals surface area contributed by atoms with Crippen molar-refractivity contribution in [2.24, 2.45) is 17.3 Å². The van der Waals surface area contributed by atoms with Gasteiger partial charge in [0, 0.05) is 6.08 Å². The van der Waals surface area contributed by atoms with Crippen molar-refractivity contribution in [2.75, 3.05) is 0 Å². The summed E-state index contributed by atoms with van der Waals surface area (Å²) < 4.78 is 0. The molecule has 0 aromatic carbocycles. The van der Waals surface area contributed by atoms with E-state index in [0.29, 0.717) is 11.8 Å². The zero-order valence-corrected chi connectivity index (χ0v) is 10.7. The molecule has 0 saturated carbocycles. The topological polar surface area (TPSA) is 37.3 Å². The van der Waals surface area contributed by atoms with Crippen LogP contribution in [0.5, 0.6) is 0 Å². The van der Waals surface area contributed by atoms with E-state index in [4.69, 9.17) is 5.11 Å². The van der Waals surface area contributed by atoms with Gasteiger partial charge in [0.2, 0.25) is 0 Å². The zero-order chi connectivity index (χ0) is 12.3. The van der Waals surface area contributed by atoms with Gasteiger partial charge in [-0.25, -0.2) is 4.79 Å². The number of allylic oxidation sites excluding steroid dienone is 3. The van der Waals surface area contributed by atoms with Gasteiger partial charge in [-0.05, 0) is 37.0 Å². The lowest BCUT2D eigenvalue weighted by Crippen LogP contribution is -2.26. The van der Waals surface area contributed by atoms with E-state index in [1.165, 1.54) is 11.6 Å². The zero-order valence-electron chi connectivity index (χ0n) is 10.7. The smallest absolute Gasteiger partial charge is 0.327 e. The normalized spacial score (nSPS) is 25.8. The number of aliphatic carboxylic acids is 1. The molecule has 90 valence electrons. The highest BCUT2D eigenvalue weighted by Crippen LogP contribution is 2.47. The van der Waals surface area contributed by atoms with Crippen molar-refractivity contribution in [2.45, 2.75) is 40.5 Å². The van der Waals surface area contributed by atoms with Gasteiger partial charge in [-0.2, -0.15) is 0 Å². The summed E-state index contributed by atoms with van der Waals surface area (Å²) in [6, 6.07) is 0. The highest BCUT2D eigenvalue weighted by Gasteiger charge is 2.38. The van der Waals surface area contributed by atoms with Crippen LogP contribution in [0.15, 0.2) is 23.8 Å². The highest BCUT2D eigenvalue weighted by atomic mass is 16.4. The minimum absolute atomic E-state index is 0.198. The molecule has 1 N–H and O–H groups in total. The summed E-state index contributed by atoms with van der Waals surface area (Å²) in [5.41, 5.74) is 1.63. The van der Waals surface area contributed by atoms with Crippen LogP contribution in [0.25, 0.3) is 0 Å². The molecule has 0 radical (unpaired) electrons. The first-order valence-electron chi connectivity index (χ1n) is 5.98. The predicted molar refractivity (Wildman–Crippen MR) is 66.2 cm³/mol. The van der Waals surface area contributed by atoms with Crippen molar-refractivity contribution >= 4 is 5.97 Å². The molecule has 2 nitrogen and oxygen atoms in total. The highest BCUT2D eigenvalue weighted by molar-refractivity contribution is 5.79. The average molecular weight is 222 g/mol. The van der Waals surface area contributed by atoms with Crippen molar-refractivity contribution < 1.29 is 9.90 Å². The fourth-order valence-electron chi connectivity index (χ4n) is 2.62. The van der Waals surface area contributed by atoms with Gasteiger partial charge in [-0.15, -0.1) is 0 Å². The van der Waals surface area contributed by atoms with Crippen LogP contribution < -0.4 is 0 Å². The van der Waals surface area contributed by atoms with E-state index in [-0.39, 0.29) is 5.41 Å². The number of carboxylic acid groups (broad SMARTS) is 1. The van der Waals surface area contributed by atoms with Crippen LogP contribution in [0.3, 0.4) is 0 Å². The van der Waals surface area contributed by atoms with Gasteiger partial charge in [-0.3, -0.25) is 0 Å². The molecule has 0 aromatic heterocycles. The Balaban J connectivity index is 2.80. The van der Waals surface area contributed by atoms with Crippen LogP contribution in [0.4, 0.5) is 0 Å². The number of hydrogen-bond acceptors (Lipinski definition) is 1. The Morgan fingerprint density at radius 1 is 1.69 bits per heavy atom. The summed E-state index contributed by atoms with van der Waals surface area (Å²) in [4.78, 5) is 10.6. The van der Waals surface area contributed by atoms with Gasteiger partial charge in [-0.1, -0.05) is 38.5 Å². The van der Waals surface area contributed by atoms with Crippen molar-refractivity contribution in [3.63, 3.8) is 0 Å². The maximum Gasteiger partial charge on any atom is 0.327 e. The van der Waals surface area contributed by atoms with Gasteiger partial charge >= 0.3 is 5.97 Å². The Morgan fingerprint density at radius 3 is 2.69 bits per heavy atom. The number of carboxylic acids is 1. The van der Waals surface area contributed by atoms with Crippen LogP contribution >= 0.6 is 0 Å². The van der Waals surface area contributed by atoms with E-state index < -0.39 is 5.97 Å². The molecule has 1 aliphatic rings. The second kappa shape index (κ2) is 4.86. The first-order chi connectivity index (χ1) is 7.39. The molecule has 1 aliphatic carbocycles. The molecular weight excluding hydrogens is 200 g/mol. The molecule has 0 bridgehead atoms. The third-order valence-corrected chi connectivity index (χ3v) is 4.10. The first kappa shape index (κ1) is 13.0. The van der Waals surface area contributed by atoms with E-state index in [0.717, 1.165) is 12.8 Å². The fourth-order valence-corrected chi connectivity index (χ4v) is 2.62. The Hall–Kier alpha value is -1.05. The maximum atomic E-state index is 10.6. The second-order valence-corrected chi connectivity index (χ2v) is 5.22. The van der Waals surface area contributed by atoms with Crippen LogP contribution in [0.1, 0.15) is 40.5 Å². The molecule has 0 aliphatic heterocycles. The molecule has 2 unspecified atom stereocenters. The molecule has 0 spiro atoms.